The minimum Gasteiger partial charge on any atom is -0.363 e. The monoisotopic (exact) mass is 470 g/mol. The molecule has 0 bridgehead atoms. The fraction of sp³-hybridized carbons (Fsp3) is 0.300. The molecule has 0 unspecified atom stereocenters. The summed E-state index contributed by atoms with van der Waals surface area (Å²) in [5, 5.41) is 12.8. The van der Waals surface area contributed by atoms with Crippen LogP contribution in [0.1, 0.15) is 28.8 Å². The lowest BCUT2D eigenvalue weighted by molar-refractivity contribution is -0.138. The van der Waals surface area contributed by atoms with Crippen LogP contribution in [0.4, 0.5) is 32.2 Å². The molecule has 0 saturated heterocycles. The number of carbonyl (C=O) groups is 1. The molecule has 1 amide bonds. The summed E-state index contributed by atoms with van der Waals surface area (Å²) in [6.07, 6.45) is -3.13. The Morgan fingerprint density at radius 1 is 1.09 bits per heavy atom. The second kappa shape index (κ2) is 8.37. The van der Waals surface area contributed by atoms with E-state index in [9.17, 15) is 31.1 Å². The van der Waals surface area contributed by atoms with Crippen molar-refractivity contribution in [2.75, 3.05) is 5.32 Å². The maximum atomic E-state index is 14.2. The minimum atomic E-state index is -4.81. The van der Waals surface area contributed by atoms with Gasteiger partial charge in [-0.1, -0.05) is 12.1 Å². The summed E-state index contributed by atoms with van der Waals surface area (Å²) in [6, 6.07) is 4.12. The van der Waals surface area contributed by atoms with Crippen molar-refractivity contribution in [1.82, 2.24) is 25.3 Å². The molecule has 2 aromatic heterocycles. The number of anilines is 1. The van der Waals surface area contributed by atoms with Gasteiger partial charge < -0.3 is 10.6 Å². The van der Waals surface area contributed by atoms with Crippen molar-refractivity contribution >= 4 is 11.7 Å². The quantitative estimate of drug-likeness (QED) is 0.554. The molecule has 1 aliphatic carbocycles. The number of amides is 1. The van der Waals surface area contributed by atoms with Crippen LogP contribution < -0.4 is 10.6 Å². The summed E-state index contributed by atoms with van der Waals surface area (Å²) in [5.41, 5.74) is -0.887. The van der Waals surface area contributed by atoms with Crippen LogP contribution in [-0.4, -0.2) is 43.9 Å². The number of carbonyl (C=O) groups excluding carboxylic acids is 1. The molecule has 174 valence electrons. The van der Waals surface area contributed by atoms with Gasteiger partial charge in [0.1, 0.15) is 0 Å². The Balaban J connectivity index is 1.55. The third kappa shape index (κ3) is 4.91. The largest absolute Gasteiger partial charge is 0.417 e. The molecule has 1 fully saturated rings. The topological polar surface area (TPSA) is 84.7 Å². The first-order chi connectivity index (χ1) is 15.5. The van der Waals surface area contributed by atoms with E-state index >= 15 is 0 Å². The highest BCUT2D eigenvalue weighted by Gasteiger charge is 2.47. The van der Waals surface area contributed by atoms with Crippen LogP contribution in [0.15, 0.2) is 48.9 Å². The number of halogens is 6. The lowest BCUT2D eigenvalue weighted by Gasteiger charge is -2.23. The Labute approximate surface area is 182 Å². The van der Waals surface area contributed by atoms with Crippen molar-refractivity contribution in [3.05, 3.63) is 65.9 Å². The fourth-order valence-corrected chi connectivity index (χ4v) is 3.62. The summed E-state index contributed by atoms with van der Waals surface area (Å²) in [5.74, 6) is -5.86. The van der Waals surface area contributed by atoms with Crippen LogP contribution in [-0.2, 0) is 6.18 Å². The number of hydrogen-bond acceptors (Lipinski definition) is 5. The Morgan fingerprint density at radius 2 is 1.76 bits per heavy atom. The summed E-state index contributed by atoms with van der Waals surface area (Å²) in [7, 11) is 0. The highest BCUT2D eigenvalue weighted by Crippen LogP contribution is 2.37. The highest BCUT2D eigenvalue weighted by molar-refractivity contribution is 5.98. The molecule has 0 spiro atoms. The van der Waals surface area contributed by atoms with Crippen molar-refractivity contribution in [2.24, 2.45) is 0 Å². The number of hydrogen-bond donors (Lipinski definition) is 2. The van der Waals surface area contributed by atoms with E-state index in [2.05, 4.69) is 25.8 Å². The molecule has 0 radical (unpaired) electrons. The molecular formula is C20H16F6N6O. The molecular weight excluding hydrogens is 454 g/mol. The Bertz CT molecular complexity index is 1150. The number of pyridine rings is 1. The number of rotatable bonds is 5. The maximum absolute atomic E-state index is 14.2. The van der Waals surface area contributed by atoms with Crippen LogP contribution in [0.2, 0.25) is 0 Å². The van der Waals surface area contributed by atoms with Gasteiger partial charge in [0.2, 0.25) is 0 Å². The van der Waals surface area contributed by atoms with Crippen molar-refractivity contribution in [3.8, 4) is 5.69 Å². The molecule has 2 atom stereocenters. The van der Waals surface area contributed by atoms with Crippen molar-refractivity contribution in [1.29, 1.82) is 0 Å². The summed E-state index contributed by atoms with van der Waals surface area (Å²) < 4.78 is 80.6. The lowest BCUT2D eigenvalue weighted by atomic mass is 10.1. The number of nitrogens with zero attached hydrogens (tertiary/aromatic N) is 4. The molecule has 7 nitrogen and oxygen atoms in total. The van der Waals surface area contributed by atoms with E-state index in [-0.39, 0.29) is 11.6 Å². The molecule has 4 rings (SSSR count). The molecule has 33 heavy (non-hydrogen) atoms. The van der Waals surface area contributed by atoms with Gasteiger partial charge in [-0.15, -0.1) is 0 Å². The van der Waals surface area contributed by atoms with Gasteiger partial charge in [0.15, 0.2) is 11.6 Å². The molecule has 1 saturated carbocycles. The first-order valence-corrected chi connectivity index (χ1v) is 9.67. The van der Waals surface area contributed by atoms with Crippen molar-refractivity contribution in [3.63, 3.8) is 0 Å². The fourth-order valence-electron chi connectivity index (χ4n) is 3.62. The summed E-state index contributed by atoms with van der Waals surface area (Å²) in [4.78, 5) is 17.5. The van der Waals surface area contributed by atoms with E-state index in [1.165, 1.54) is 23.3 Å². The number of aromatic nitrogens is 4. The van der Waals surface area contributed by atoms with Crippen LogP contribution in [0.5, 0.6) is 0 Å². The molecule has 3 aromatic rings. The summed E-state index contributed by atoms with van der Waals surface area (Å²) in [6.45, 7) is 0. The van der Waals surface area contributed by atoms with Gasteiger partial charge in [-0.3, -0.25) is 4.79 Å². The Kier molecular flexibility index (Phi) is 5.72. The molecule has 1 aliphatic rings. The van der Waals surface area contributed by atoms with Gasteiger partial charge in [0, 0.05) is 19.0 Å². The number of nitrogens with one attached hydrogen (secondary N) is 2. The molecule has 1 aromatic carbocycles. The minimum absolute atomic E-state index is 0.113. The second-order valence-corrected chi connectivity index (χ2v) is 7.48. The van der Waals surface area contributed by atoms with E-state index in [1.807, 2.05) is 0 Å². The molecule has 2 N–H and O–H groups in total. The second-order valence-electron chi connectivity index (χ2n) is 7.48. The van der Waals surface area contributed by atoms with Gasteiger partial charge in [0.25, 0.3) is 11.8 Å². The van der Waals surface area contributed by atoms with Gasteiger partial charge in [-0.2, -0.15) is 28.2 Å². The average Bonchev–Trinajstić information content (AvgIpc) is 3.36. The van der Waals surface area contributed by atoms with E-state index in [0.29, 0.717) is 11.9 Å². The van der Waals surface area contributed by atoms with Crippen LogP contribution in [0.3, 0.4) is 0 Å². The summed E-state index contributed by atoms with van der Waals surface area (Å²) >= 11 is 0. The molecule has 0 aliphatic heterocycles. The van der Waals surface area contributed by atoms with Gasteiger partial charge in [-0.05, 0) is 18.2 Å². The number of para-hydroxylation sites is 1. The van der Waals surface area contributed by atoms with E-state index in [1.54, 1.807) is 18.2 Å². The zero-order valence-corrected chi connectivity index (χ0v) is 16.7. The standard InChI is InChI=1S/C20H16F6N6O/c21-13-7-11(20(24,25)26)10-27-17(13)30-14-8-19(22,23)9-15(14)31-18(33)12-3-1-2-4-16(12)32-28-5-6-29-32/h1-7,10,14-15H,8-9H2,(H,27,30)(H,31,33)/t14-,15+/m1/s1. The van der Waals surface area contributed by atoms with Crippen molar-refractivity contribution < 1.29 is 31.1 Å². The van der Waals surface area contributed by atoms with Crippen molar-refractivity contribution in [2.45, 2.75) is 37.0 Å². The Hall–Kier alpha value is -3.64. The molecule has 13 heteroatoms. The normalized spacial score (nSPS) is 19.9. The Morgan fingerprint density at radius 3 is 2.42 bits per heavy atom. The zero-order valence-electron chi connectivity index (χ0n) is 16.7. The number of benzene rings is 1. The SMILES string of the molecule is O=C(N[C@H]1CC(F)(F)C[C@H]1Nc1ncc(C(F)(F)F)cc1F)c1ccccc1-n1nccn1. The third-order valence-corrected chi connectivity index (χ3v) is 5.11. The van der Waals surface area contributed by atoms with Crippen LogP contribution in [0.25, 0.3) is 5.69 Å². The number of alkyl halides is 5. The van der Waals surface area contributed by atoms with E-state index < -0.39 is 60.1 Å². The highest BCUT2D eigenvalue weighted by atomic mass is 19.4. The van der Waals surface area contributed by atoms with E-state index in [0.717, 1.165) is 0 Å². The van der Waals surface area contributed by atoms with Crippen LogP contribution >= 0.6 is 0 Å². The first-order valence-electron chi connectivity index (χ1n) is 9.67. The van der Waals surface area contributed by atoms with Crippen LogP contribution in [0, 0.1) is 5.82 Å². The third-order valence-electron chi connectivity index (χ3n) is 5.11. The first kappa shape index (κ1) is 22.6. The predicted molar refractivity (Wildman–Crippen MR) is 103 cm³/mol. The maximum Gasteiger partial charge on any atom is 0.417 e. The van der Waals surface area contributed by atoms with Gasteiger partial charge >= 0.3 is 6.18 Å². The van der Waals surface area contributed by atoms with Gasteiger partial charge in [0.05, 0.1) is 41.3 Å². The molecule has 2 heterocycles. The lowest BCUT2D eigenvalue weighted by Crippen LogP contribution is -2.44. The zero-order chi connectivity index (χ0) is 23.8. The predicted octanol–water partition coefficient (Wildman–Crippen LogP) is 3.83. The van der Waals surface area contributed by atoms with Gasteiger partial charge in [-0.25, -0.2) is 18.2 Å². The van der Waals surface area contributed by atoms with E-state index in [4.69, 9.17) is 0 Å². The average molecular weight is 470 g/mol. The smallest absolute Gasteiger partial charge is 0.363 e.